The normalized spacial score (nSPS) is 17.2. The number of benzene rings is 1. The first-order valence-corrected chi connectivity index (χ1v) is 7.42. The first-order chi connectivity index (χ1) is 9.17. The molecule has 1 N–H and O–H groups in total. The van der Waals surface area contributed by atoms with Crippen molar-refractivity contribution in [2.45, 2.75) is 39.5 Å². The molecule has 1 fully saturated rings. The predicted octanol–water partition coefficient (Wildman–Crippen LogP) is 3.25. The van der Waals surface area contributed by atoms with Gasteiger partial charge in [0.15, 0.2) is 0 Å². The average Bonchev–Trinajstić information content (AvgIpc) is 2.35. The summed E-state index contributed by atoms with van der Waals surface area (Å²) in [6.07, 6.45) is 5.34. The quantitative estimate of drug-likeness (QED) is 0.761. The summed E-state index contributed by atoms with van der Waals surface area (Å²) >= 11 is 0. The van der Waals surface area contributed by atoms with E-state index in [1.165, 1.54) is 36.8 Å². The molecule has 2 rings (SSSR count). The maximum atomic E-state index is 5.10. The standard InChI is InChI=1S/C17H27NO/c1-14-6-4-7-15(2)16(14)12-17(8-5-9-17)13-18-10-11-19-3/h4,6-7,18H,5,8-13H2,1-3H3. The lowest BCUT2D eigenvalue weighted by atomic mass is 9.64. The molecule has 0 spiro atoms. The number of methoxy groups -OCH3 is 1. The Labute approximate surface area is 117 Å². The van der Waals surface area contributed by atoms with E-state index in [4.69, 9.17) is 4.74 Å². The largest absolute Gasteiger partial charge is 0.383 e. The molecule has 1 aliphatic carbocycles. The number of aryl methyl sites for hydroxylation is 2. The molecule has 0 radical (unpaired) electrons. The molecule has 0 bridgehead atoms. The van der Waals surface area contributed by atoms with Crippen molar-refractivity contribution in [3.63, 3.8) is 0 Å². The molecule has 106 valence electrons. The molecular formula is C17H27NO. The van der Waals surface area contributed by atoms with Gasteiger partial charge < -0.3 is 10.1 Å². The minimum Gasteiger partial charge on any atom is -0.383 e. The summed E-state index contributed by atoms with van der Waals surface area (Å²) < 4.78 is 5.10. The van der Waals surface area contributed by atoms with Crippen LogP contribution in [0.4, 0.5) is 0 Å². The van der Waals surface area contributed by atoms with Crippen molar-refractivity contribution in [1.82, 2.24) is 5.32 Å². The van der Waals surface area contributed by atoms with Gasteiger partial charge in [0.05, 0.1) is 6.61 Å². The molecule has 1 aromatic rings. The predicted molar refractivity (Wildman–Crippen MR) is 80.6 cm³/mol. The molecule has 2 nitrogen and oxygen atoms in total. The van der Waals surface area contributed by atoms with Crippen molar-refractivity contribution < 1.29 is 4.74 Å². The summed E-state index contributed by atoms with van der Waals surface area (Å²) in [4.78, 5) is 0. The molecule has 0 atom stereocenters. The monoisotopic (exact) mass is 261 g/mol. The molecule has 0 saturated heterocycles. The van der Waals surface area contributed by atoms with Gasteiger partial charge in [0.1, 0.15) is 0 Å². The highest BCUT2D eigenvalue weighted by molar-refractivity contribution is 5.34. The minimum absolute atomic E-state index is 0.491. The molecule has 0 amide bonds. The maximum Gasteiger partial charge on any atom is 0.0587 e. The van der Waals surface area contributed by atoms with Crippen molar-refractivity contribution in [1.29, 1.82) is 0 Å². The second-order valence-corrected chi connectivity index (χ2v) is 6.07. The first-order valence-electron chi connectivity index (χ1n) is 7.42. The molecule has 19 heavy (non-hydrogen) atoms. The van der Waals surface area contributed by atoms with E-state index in [-0.39, 0.29) is 0 Å². The average molecular weight is 261 g/mol. The molecule has 0 unspecified atom stereocenters. The Morgan fingerprint density at radius 3 is 2.42 bits per heavy atom. The Balaban J connectivity index is 1.98. The van der Waals surface area contributed by atoms with Crippen LogP contribution in [0.1, 0.15) is 36.0 Å². The van der Waals surface area contributed by atoms with E-state index in [2.05, 4.69) is 37.4 Å². The van der Waals surface area contributed by atoms with Crippen LogP contribution >= 0.6 is 0 Å². The van der Waals surface area contributed by atoms with Gasteiger partial charge in [-0.15, -0.1) is 0 Å². The Morgan fingerprint density at radius 1 is 1.21 bits per heavy atom. The van der Waals surface area contributed by atoms with E-state index in [0.29, 0.717) is 5.41 Å². The van der Waals surface area contributed by atoms with Gasteiger partial charge in [0.2, 0.25) is 0 Å². The third kappa shape index (κ3) is 3.58. The second kappa shape index (κ2) is 6.53. The third-order valence-electron chi connectivity index (χ3n) is 4.59. The van der Waals surface area contributed by atoms with E-state index in [1.54, 1.807) is 12.7 Å². The van der Waals surface area contributed by atoms with E-state index in [1.807, 2.05) is 0 Å². The smallest absolute Gasteiger partial charge is 0.0587 e. The van der Waals surface area contributed by atoms with Crippen LogP contribution in [0.3, 0.4) is 0 Å². The van der Waals surface area contributed by atoms with Crippen LogP contribution in [0.2, 0.25) is 0 Å². The van der Waals surface area contributed by atoms with Gasteiger partial charge in [0, 0.05) is 20.2 Å². The van der Waals surface area contributed by atoms with E-state index < -0.39 is 0 Å². The van der Waals surface area contributed by atoms with Crippen LogP contribution in [0.25, 0.3) is 0 Å². The van der Waals surface area contributed by atoms with Gasteiger partial charge in [-0.3, -0.25) is 0 Å². The van der Waals surface area contributed by atoms with Gasteiger partial charge in [-0.25, -0.2) is 0 Å². The van der Waals surface area contributed by atoms with Crippen molar-refractivity contribution in [2.24, 2.45) is 5.41 Å². The zero-order valence-electron chi connectivity index (χ0n) is 12.6. The molecule has 0 aliphatic heterocycles. The van der Waals surface area contributed by atoms with Gasteiger partial charge in [-0.05, 0) is 55.2 Å². The molecular weight excluding hydrogens is 234 g/mol. The van der Waals surface area contributed by atoms with Crippen molar-refractivity contribution in [3.8, 4) is 0 Å². The summed E-state index contributed by atoms with van der Waals surface area (Å²) in [6.45, 7) is 7.38. The van der Waals surface area contributed by atoms with Crippen LogP contribution in [0, 0.1) is 19.3 Å². The van der Waals surface area contributed by atoms with Crippen LogP contribution in [0.5, 0.6) is 0 Å². The summed E-state index contributed by atoms with van der Waals surface area (Å²) in [5, 5.41) is 3.56. The molecule has 0 aromatic heterocycles. The Bertz CT molecular complexity index is 389. The Kier molecular flexibility index (Phi) is 5.00. The van der Waals surface area contributed by atoms with Gasteiger partial charge in [-0.1, -0.05) is 24.6 Å². The Morgan fingerprint density at radius 2 is 1.89 bits per heavy atom. The second-order valence-electron chi connectivity index (χ2n) is 6.07. The molecule has 2 heteroatoms. The summed E-state index contributed by atoms with van der Waals surface area (Å²) in [5.74, 6) is 0. The number of hydrogen-bond acceptors (Lipinski definition) is 2. The van der Waals surface area contributed by atoms with Crippen molar-refractivity contribution in [3.05, 3.63) is 34.9 Å². The summed E-state index contributed by atoms with van der Waals surface area (Å²) in [7, 11) is 1.76. The van der Waals surface area contributed by atoms with Crippen LogP contribution < -0.4 is 5.32 Å². The van der Waals surface area contributed by atoms with E-state index in [9.17, 15) is 0 Å². The maximum absolute atomic E-state index is 5.10. The summed E-state index contributed by atoms with van der Waals surface area (Å²) in [5.41, 5.74) is 4.95. The highest BCUT2D eigenvalue weighted by Gasteiger charge is 2.37. The lowest BCUT2D eigenvalue weighted by Gasteiger charge is -2.43. The van der Waals surface area contributed by atoms with E-state index in [0.717, 1.165) is 19.7 Å². The lowest BCUT2D eigenvalue weighted by molar-refractivity contribution is 0.122. The van der Waals surface area contributed by atoms with E-state index >= 15 is 0 Å². The van der Waals surface area contributed by atoms with Gasteiger partial charge >= 0.3 is 0 Å². The fraction of sp³-hybridized carbons (Fsp3) is 0.647. The third-order valence-corrected chi connectivity index (χ3v) is 4.59. The number of ether oxygens (including phenoxy) is 1. The first kappa shape index (κ1) is 14.5. The molecule has 1 saturated carbocycles. The SMILES string of the molecule is COCCNCC1(Cc2c(C)cccc2C)CCC1. The van der Waals surface area contributed by atoms with Crippen molar-refractivity contribution in [2.75, 3.05) is 26.8 Å². The number of rotatable bonds is 7. The van der Waals surface area contributed by atoms with Crippen molar-refractivity contribution >= 4 is 0 Å². The number of nitrogens with one attached hydrogen (secondary N) is 1. The van der Waals surface area contributed by atoms with Crippen LogP contribution in [0.15, 0.2) is 18.2 Å². The molecule has 1 aromatic carbocycles. The zero-order valence-corrected chi connectivity index (χ0v) is 12.6. The fourth-order valence-corrected chi connectivity index (χ4v) is 3.12. The highest BCUT2D eigenvalue weighted by Crippen LogP contribution is 2.44. The van der Waals surface area contributed by atoms with Crippen LogP contribution in [-0.4, -0.2) is 26.8 Å². The molecule has 1 aliphatic rings. The fourth-order valence-electron chi connectivity index (χ4n) is 3.12. The molecule has 0 heterocycles. The minimum atomic E-state index is 0.491. The zero-order chi connectivity index (χ0) is 13.7. The highest BCUT2D eigenvalue weighted by atomic mass is 16.5. The Hall–Kier alpha value is -0.860. The van der Waals surface area contributed by atoms with Gasteiger partial charge in [-0.2, -0.15) is 0 Å². The number of hydrogen-bond donors (Lipinski definition) is 1. The van der Waals surface area contributed by atoms with Gasteiger partial charge in [0.25, 0.3) is 0 Å². The lowest BCUT2D eigenvalue weighted by Crippen LogP contribution is -2.42. The topological polar surface area (TPSA) is 21.3 Å². The summed E-state index contributed by atoms with van der Waals surface area (Å²) in [6, 6.07) is 6.65. The van der Waals surface area contributed by atoms with Crippen LogP contribution in [-0.2, 0) is 11.2 Å².